The van der Waals surface area contributed by atoms with Crippen LogP contribution in [0.25, 0.3) is 0 Å². The van der Waals surface area contributed by atoms with Crippen LogP contribution in [0.4, 0.5) is 0 Å². The minimum atomic E-state index is -0.231. The van der Waals surface area contributed by atoms with Gasteiger partial charge in [-0.05, 0) is 20.3 Å². The van der Waals surface area contributed by atoms with Gasteiger partial charge in [-0.25, -0.2) is 0 Å². The van der Waals surface area contributed by atoms with Gasteiger partial charge in [-0.15, -0.1) is 0 Å². The Labute approximate surface area is 120 Å². The first-order valence-corrected chi connectivity index (χ1v) is 7.20. The third kappa shape index (κ3) is 5.88. The molecule has 1 heterocycles. The highest BCUT2D eigenvalue weighted by atomic mass is 16.5. The highest BCUT2D eigenvalue weighted by Gasteiger charge is 2.33. The normalized spacial score (nSPS) is 18.9. The number of nitrogens with zero attached hydrogens (tertiary/aromatic N) is 1. The fraction of sp³-hybridized carbons (Fsp3) is 0.857. The van der Waals surface area contributed by atoms with Crippen molar-refractivity contribution in [2.45, 2.75) is 32.8 Å². The van der Waals surface area contributed by atoms with E-state index < -0.39 is 0 Å². The first-order chi connectivity index (χ1) is 9.54. The van der Waals surface area contributed by atoms with Crippen LogP contribution in [0.2, 0.25) is 0 Å². The van der Waals surface area contributed by atoms with Crippen LogP contribution in [-0.2, 0) is 19.1 Å². The summed E-state index contributed by atoms with van der Waals surface area (Å²) < 4.78 is 10.4. The lowest BCUT2D eigenvalue weighted by Crippen LogP contribution is -2.34. The SMILES string of the molecule is COCCN1CC(C(=O)NCCCOC(C)C)CC1=O. The summed E-state index contributed by atoms with van der Waals surface area (Å²) >= 11 is 0. The van der Waals surface area contributed by atoms with Crippen LogP contribution in [-0.4, -0.2) is 62.8 Å². The Morgan fingerprint density at radius 2 is 2.20 bits per heavy atom. The van der Waals surface area contributed by atoms with Gasteiger partial charge in [-0.1, -0.05) is 0 Å². The van der Waals surface area contributed by atoms with Gasteiger partial charge < -0.3 is 19.7 Å². The number of likely N-dealkylation sites (tertiary alicyclic amines) is 1. The van der Waals surface area contributed by atoms with Crippen LogP contribution in [0.1, 0.15) is 26.7 Å². The van der Waals surface area contributed by atoms with E-state index in [1.807, 2.05) is 13.8 Å². The largest absolute Gasteiger partial charge is 0.383 e. The summed E-state index contributed by atoms with van der Waals surface area (Å²) in [5.41, 5.74) is 0. The van der Waals surface area contributed by atoms with E-state index in [-0.39, 0.29) is 23.8 Å². The topological polar surface area (TPSA) is 67.9 Å². The Kier molecular flexibility index (Phi) is 7.54. The molecule has 1 aliphatic heterocycles. The molecule has 0 saturated carbocycles. The maximum absolute atomic E-state index is 11.9. The monoisotopic (exact) mass is 286 g/mol. The van der Waals surface area contributed by atoms with Gasteiger partial charge in [0.05, 0.1) is 18.6 Å². The number of hydrogen-bond acceptors (Lipinski definition) is 4. The van der Waals surface area contributed by atoms with Crippen LogP contribution in [0.5, 0.6) is 0 Å². The number of methoxy groups -OCH3 is 1. The second-order valence-corrected chi connectivity index (χ2v) is 5.30. The summed E-state index contributed by atoms with van der Waals surface area (Å²) in [6.07, 6.45) is 1.31. The Bertz CT molecular complexity index is 320. The predicted octanol–water partition coefficient (Wildman–Crippen LogP) is 0.413. The van der Waals surface area contributed by atoms with E-state index in [1.54, 1.807) is 12.0 Å². The van der Waals surface area contributed by atoms with Gasteiger partial charge in [-0.3, -0.25) is 9.59 Å². The van der Waals surface area contributed by atoms with Gasteiger partial charge in [-0.2, -0.15) is 0 Å². The molecule has 1 fully saturated rings. The third-order valence-electron chi connectivity index (χ3n) is 3.22. The molecule has 20 heavy (non-hydrogen) atoms. The Hall–Kier alpha value is -1.14. The van der Waals surface area contributed by atoms with Crippen molar-refractivity contribution < 1.29 is 19.1 Å². The summed E-state index contributed by atoms with van der Waals surface area (Å²) in [5.74, 6) is -0.237. The summed E-state index contributed by atoms with van der Waals surface area (Å²) in [6.45, 7) is 6.76. The van der Waals surface area contributed by atoms with Crippen LogP contribution < -0.4 is 5.32 Å². The van der Waals surface area contributed by atoms with Crippen LogP contribution in [0.15, 0.2) is 0 Å². The van der Waals surface area contributed by atoms with E-state index in [0.29, 0.717) is 39.3 Å². The van der Waals surface area contributed by atoms with Crippen LogP contribution in [0, 0.1) is 5.92 Å². The highest BCUT2D eigenvalue weighted by molar-refractivity contribution is 5.89. The van der Waals surface area contributed by atoms with Crippen molar-refractivity contribution in [2.75, 3.05) is 40.0 Å². The lowest BCUT2D eigenvalue weighted by molar-refractivity contribution is -0.129. The number of carbonyl (C=O) groups is 2. The van der Waals surface area contributed by atoms with Crippen molar-refractivity contribution in [2.24, 2.45) is 5.92 Å². The standard InChI is InChI=1S/C14H26N2O4/c1-11(2)20-7-4-5-15-14(18)12-9-13(17)16(10-12)6-8-19-3/h11-12H,4-10H2,1-3H3,(H,15,18). The van der Waals surface area contributed by atoms with Crippen LogP contribution in [0.3, 0.4) is 0 Å². The second kappa shape index (κ2) is 8.92. The van der Waals surface area contributed by atoms with E-state index in [1.165, 1.54) is 0 Å². The number of rotatable bonds is 9. The number of ether oxygens (including phenoxy) is 2. The average molecular weight is 286 g/mol. The maximum atomic E-state index is 11.9. The predicted molar refractivity (Wildman–Crippen MR) is 75.3 cm³/mol. The molecule has 0 spiro atoms. The van der Waals surface area contributed by atoms with Crippen molar-refractivity contribution in [3.8, 4) is 0 Å². The molecule has 1 N–H and O–H groups in total. The van der Waals surface area contributed by atoms with E-state index in [0.717, 1.165) is 6.42 Å². The molecule has 1 atom stereocenters. The molecule has 2 amide bonds. The zero-order valence-corrected chi connectivity index (χ0v) is 12.7. The van der Waals surface area contributed by atoms with Gasteiger partial charge >= 0.3 is 0 Å². The molecule has 1 aliphatic rings. The van der Waals surface area contributed by atoms with Crippen molar-refractivity contribution in [1.29, 1.82) is 0 Å². The number of carbonyl (C=O) groups excluding carboxylic acids is 2. The highest BCUT2D eigenvalue weighted by Crippen LogP contribution is 2.17. The fourth-order valence-corrected chi connectivity index (χ4v) is 2.11. The molecular weight excluding hydrogens is 260 g/mol. The second-order valence-electron chi connectivity index (χ2n) is 5.30. The maximum Gasteiger partial charge on any atom is 0.225 e. The van der Waals surface area contributed by atoms with Crippen LogP contribution >= 0.6 is 0 Å². The number of amides is 2. The number of hydrogen-bond donors (Lipinski definition) is 1. The molecule has 6 heteroatoms. The zero-order valence-electron chi connectivity index (χ0n) is 12.7. The first-order valence-electron chi connectivity index (χ1n) is 7.20. The molecule has 1 saturated heterocycles. The van der Waals surface area contributed by atoms with Gasteiger partial charge in [0.2, 0.25) is 11.8 Å². The molecule has 0 aromatic carbocycles. The summed E-state index contributed by atoms with van der Waals surface area (Å²) in [5, 5.41) is 2.87. The summed E-state index contributed by atoms with van der Waals surface area (Å²) in [6, 6.07) is 0. The summed E-state index contributed by atoms with van der Waals surface area (Å²) in [4.78, 5) is 25.4. The number of nitrogens with one attached hydrogen (secondary N) is 1. The van der Waals surface area contributed by atoms with Crippen molar-refractivity contribution in [3.05, 3.63) is 0 Å². The Morgan fingerprint density at radius 3 is 2.85 bits per heavy atom. The Morgan fingerprint density at radius 1 is 1.45 bits per heavy atom. The molecule has 6 nitrogen and oxygen atoms in total. The lowest BCUT2D eigenvalue weighted by atomic mass is 10.1. The van der Waals surface area contributed by atoms with E-state index in [9.17, 15) is 9.59 Å². The van der Waals surface area contributed by atoms with Gasteiger partial charge in [0.25, 0.3) is 0 Å². The molecule has 0 radical (unpaired) electrons. The quantitative estimate of drug-likeness (QED) is 0.624. The molecular formula is C14H26N2O4. The molecule has 0 bridgehead atoms. The zero-order chi connectivity index (χ0) is 15.0. The smallest absolute Gasteiger partial charge is 0.225 e. The van der Waals surface area contributed by atoms with E-state index >= 15 is 0 Å². The lowest BCUT2D eigenvalue weighted by Gasteiger charge is -2.15. The molecule has 1 unspecified atom stereocenters. The van der Waals surface area contributed by atoms with E-state index in [2.05, 4.69) is 5.32 Å². The fourth-order valence-electron chi connectivity index (χ4n) is 2.11. The van der Waals surface area contributed by atoms with Crippen molar-refractivity contribution in [1.82, 2.24) is 10.2 Å². The molecule has 0 aromatic heterocycles. The third-order valence-corrected chi connectivity index (χ3v) is 3.22. The molecule has 1 rings (SSSR count). The first kappa shape index (κ1) is 16.9. The van der Waals surface area contributed by atoms with Crippen molar-refractivity contribution in [3.63, 3.8) is 0 Å². The summed E-state index contributed by atoms with van der Waals surface area (Å²) in [7, 11) is 1.60. The minimum Gasteiger partial charge on any atom is -0.383 e. The van der Waals surface area contributed by atoms with Gasteiger partial charge in [0, 0.05) is 39.8 Å². The van der Waals surface area contributed by atoms with Gasteiger partial charge in [0.15, 0.2) is 0 Å². The van der Waals surface area contributed by atoms with E-state index in [4.69, 9.17) is 9.47 Å². The average Bonchev–Trinajstić information content (AvgIpc) is 2.77. The molecule has 116 valence electrons. The van der Waals surface area contributed by atoms with Crippen molar-refractivity contribution >= 4 is 11.8 Å². The molecule has 0 aromatic rings. The molecule has 0 aliphatic carbocycles. The van der Waals surface area contributed by atoms with Gasteiger partial charge in [0.1, 0.15) is 0 Å². The minimum absolute atomic E-state index is 0.0327. The Balaban J connectivity index is 2.19.